The van der Waals surface area contributed by atoms with Crippen molar-refractivity contribution < 1.29 is 59.5 Å². The largest absolute Gasteiger partial charge is 0.480 e. The summed E-state index contributed by atoms with van der Waals surface area (Å²) in [5, 5.41) is 52.7. The maximum atomic E-state index is 13.2. The molecule has 12 heterocycles. The van der Waals surface area contributed by atoms with E-state index in [1.54, 1.807) is 89.0 Å². The van der Waals surface area contributed by atoms with Gasteiger partial charge in [-0.15, -0.1) is 0 Å². The lowest BCUT2D eigenvalue weighted by Gasteiger charge is -2.26. The van der Waals surface area contributed by atoms with E-state index in [2.05, 4.69) is 129 Å². The molecule has 111 heavy (non-hydrogen) atoms. The van der Waals surface area contributed by atoms with Gasteiger partial charge in [0.05, 0.1) is 53.1 Å². The van der Waals surface area contributed by atoms with E-state index in [0.29, 0.717) is 115 Å². The minimum Gasteiger partial charge on any atom is -0.480 e. The SMILES string of the molecule is CNc1cc(Nc2cccnc2OC(F)F)nc2c(C(=O)NC3CC3)cnn12.CNc1cc(Nc2cccnc2OC2CCC2)nc2c(C(=O)N[C@H]3C[C@H]3F)cnn12.[2H]C([2H])([2H])Oc1ncccc1Nc1cc(NC)n2ncc(C(=O)NC3CC3)c2n1.[2H]C([2H])([2H])Oc1ncccc1Nc1cc(NC)n2ncc(C(=O)NC3CCC3)c2n1. The van der Waals surface area contributed by atoms with Crippen molar-refractivity contribution in [2.75, 3.05) is 84.8 Å². The molecule has 12 N–H and O–H groups in total. The number of halogens is 3. The number of carbonyl (C=O) groups excluding carboxylic acids is 4. The maximum absolute atomic E-state index is 13.2. The fourth-order valence-electron chi connectivity index (χ4n) is 11.4. The fourth-order valence-corrected chi connectivity index (χ4v) is 11.4. The number of fused-ring (bicyclic) bond motifs is 4. The van der Waals surface area contributed by atoms with Gasteiger partial charge < -0.3 is 82.7 Å². The second-order valence-corrected chi connectivity index (χ2v) is 25.9. The van der Waals surface area contributed by atoms with Gasteiger partial charge in [0, 0.05) is 102 Å². The molecule has 17 rings (SSSR count). The van der Waals surface area contributed by atoms with Crippen LogP contribution >= 0.6 is 0 Å². The smallest absolute Gasteiger partial charge is 0.388 e. The molecule has 0 aliphatic heterocycles. The van der Waals surface area contributed by atoms with E-state index >= 15 is 0 Å². The van der Waals surface area contributed by atoms with Gasteiger partial charge in [0.2, 0.25) is 23.5 Å². The van der Waals surface area contributed by atoms with E-state index in [1.165, 1.54) is 73.9 Å². The van der Waals surface area contributed by atoms with Crippen LogP contribution < -0.4 is 82.7 Å². The van der Waals surface area contributed by atoms with E-state index in [9.17, 15) is 32.3 Å². The van der Waals surface area contributed by atoms with Crippen molar-refractivity contribution >= 4 is 116 Å². The van der Waals surface area contributed by atoms with Gasteiger partial charge in [-0.25, -0.2) is 44.3 Å². The van der Waals surface area contributed by atoms with E-state index in [1.807, 2.05) is 12.1 Å². The van der Waals surface area contributed by atoms with Crippen LogP contribution in [0.3, 0.4) is 0 Å². The average molecular weight is 1530 g/mol. The Hall–Kier alpha value is -13.7. The number of carbonyl (C=O) groups is 4. The van der Waals surface area contributed by atoms with Gasteiger partial charge in [0.25, 0.3) is 23.6 Å². The molecule has 0 bridgehead atoms. The molecule has 36 nitrogen and oxygen atoms in total. The summed E-state index contributed by atoms with van der Waals surface area (Å²) < 4.78 is 109. The van der Waals surface area contributed by atoms with Crippen LogP contribution in [0.15, 0.2) is 122 Å². The van der Waals surface area contributed by atoms with Gasteiger partial charge in [0.1, 0.15) is 104 Å². The molecule has 0 radical (unpaired) electrons. The first-order valence-electron chi connectivity index (χ1n) is 38.4. The van der Waals surface area contributed by atoms with Gasteiger partial charge in [0.15, 0.2) is 22.6 Å². The molecule has 0 saturated heterocycles. The molecule has 12 aromatic rings. The number of aromatic nitrogens is 16. The molecule has 5 aliphatic carbocycles. The predicted molar refractivity (Wildman–Crippen MR) is 405 cm³/mol. The number of amides is 4. The minimum atomic E-state index is -3.01. The second kappa shape index (κ2) is 33.2. The molecule has 5 saturated carbocycles. The Bertz CT molecular complexity index is 5630. The van der Waals surface area contributed by atoms with Crippen LogP contribution in [0.25, 0.3) is 22.6 Å². The summed E-state index contributed by atoms with van der Waals surface area (Å²) in [4.78, 5) is 84.3. The Labute approximate surface area is 639 Å². The van der Waals surface area contributed by atoms with E-state index in [-0.39, 0.29) is 70.8 Å². The molecule has 5 fully saturated rings. The summed E-state index contributed by atoms with van der Waals surface area (Å²) in [6.45, 7) is -3.01. The first kappa shape index (κ1) is 66.8. The van der Waals surface area contributed by atoms with Gasteiger partial charge in [-0.3, -0.25) is 19.2 Å². The Morgan fingerprint density at radius 2 is 0.766 bits per heavy atom. The third kappa shape index (κ3) is 17.3. The fraction of sp³-hybridized carbons (Fsp3) is 0.333. The van der Waals surface area contributed by atoms with Gasteiger partial charge >= 0.3 is 6.61 Å². The number of pyridine rings is 4. The summed E-state index contributed by atoms with van der Waals surface area (Å²) in [7, 11) is 1.61. The lowest BCUT2D eigenvalue weighted by molar-refractivity contribution is -0.0523. The molecule has 2 atom stereocenters. The van der Waals surface area contributed by atoms with Crippen LogP contribution in [0.2, 0.25) is 0 Å². The first-order valence-corrected chi connectivity index (χ1v) is 35.4. The van der Waals surface area contributed by atoms with Crippen molar-refractivity contribution in [2.45, 2.75) is 114 Å². The Morgan fingerprint density at radius 3 is 1.06 bits per heavy atom. The van der Waals surface area contributed by atoms with Crippen molar-refractivity contribution in [3.05, 3.63) is 145 Å². The number of nitrogens with zero attached hydrogens (tertiary/aromatic N) is 16. The normalized spacial score (nSPS) is 16.5. The van der Waals surface area contributed by atoms with E-state index in [4.69, 9.17) is 22.4 Å². The second-order valence-electron chi connectivity index (χ2n) is 25.9. The number of hydrogen-bond donors (Lipinski definition) is 12. The maximum Gasteiger partial charge on any atom is 0.388 e. The van der Waals surface area contributed by atoms with Crippen LogP contribution in [0.4, 0.5) is 82.5 Å². The molecular formula is C72H79F3N28O8. The molecule has 0 spiro atoms. The zero-order valence-corrected chi connectivity index (χ0v) is 59.9. The quantitative estimate of drug-likeness (QED) is 0.0240. The topological polar surface area (TPSA) is 422 Å². The summed E-state index contributed by atoms with van der Waals surface area (Å²) in [6, 6.07) is 20.2. The van der Waals surface area contributed by atoms with E-state index < -0.39 is 38.8 Å². The van der Waals surface area contributed by atoms with Crippen molar-refractivity contribution in [1.82, 2.24) is 99.6 Å². The summed E-state index contributed by atoms with van der Waals surface area (Å²) in [5.41, 5.74) is 4.28. The first-order chi connectivity index (χ1) is 56.3. The summed E-state index contributed by atoms with van der Waals surface area (Å²) in [6.07, 6.45) is 21.4. The van der Waals surface area contributed by atoms with Crippen LogP contribution in [0, 0.1) is 0 Å². The number of alkyl halides is 3. The van der Waals surface area contributed by atoms with Crippen LogP contribution in [0.1, 0.15) is 120 Å². The number of ether oxygens (including phenoxy) is 4. The molecular weight excluding hydrogens is 1440 g/mol. The standard InChI is InChI=1S/C20H22FN7O2.C18H21N7O2.C17H17F2N7O2.C17H19N7O2/c1-22-17-9-16(25-14-6-3-7-23-20(14)30-11-4-2-5-11)27-18-12(10-24-28(17)18)19(29)26-15-8-13(15)21;1-19-15-9-14(23-13-7-4-8-20-18(13)27-2)24-16-12(10-21-25(15)16)17(26)22-11-5-3-6-11;1-20-13-7-12(24-11-3-2-6-21-16(11)28-17(18)19)25-14-10(8-22-26(13)14)15(27)23-9-4-5-9;1-18-14-8-13(22-12-4-3-7-19-17(12)26-2)23-15-11(9-20-24(14)15)16(25)21-10-5-6-10/h3,6-7,9-11,13,15,22H,2,4-5,8H2,1H3,(H,25,27)(H,26,29);4,7-11,19H,3,5-6H2,1-2H3,(H,22,26)(H,23,24);2-3,6-9,17,20H,4-5H2,1H3,(H,23,27)(H,24,25);3-4,7-10,18H,5-6H2,1-2H3,(H,21,25)(H,22,23)/t13-,15+;;;/m1.../s1/i;2D3;;2D3. The molecule has 576 valence electrons. The number of rotatable bonds is 26. The average Bonchev–Trinajstić information content (AvgIpc) is 1.67. The number of anilines is 12. The van der Waals surface area contributed by atoms with Gasteiger partial charge in [-0.2, -0.15) is 47.2 Å². The highest BCUT2D eigenvalue weighted by atomic mass is 19.3. The molecule has 0 aromatic carbocycles. The van der Waals surface area contributed by atoms with Crippen LogP contribution in [0.5, 0.6) is 23.5 Å². The van der Waals surface area contributed by atoms with E-state index in [0.717, 1.165) is 57.8 Å². The molecule has 0 unspecified atom stereocenters. The third-order valence-electron chi connectivity index (χ3n) is 18.0. The van der Waals surface area contributed by atoms with Crippen molar-refractivity contribution in [3.8, 4) is 23.5 Å². The number of hydrogen-bond acceptors (Lipinski definition) is 28. The van der Waals surface area contributed by atoms with Crippen molar-refractivity contribution in [3.63, 3.8) is 0 Å². The highest BCUT2D eigenvalue weighted by Crippen LogP contribution is 2.35. The van der Waals surface area contributed by atoms with Gasteiger partial charge in [-0.05, 0) is 113 Å². The summed E-state index contributed by atoms with van der Waals surface area (Å²) >= 11 is 0. The summed E-state index contributed by atoms with van der Waals surface area (Å²) in [5.74, 6) is 2.90. The minimum absolute atomic E-state index is 0.0818. The highest BCUT2D eigenvalue weighted by Gasteiger charge is 2.39. The predicted octanol–water partition coefficient (Wildman–Crippen LogP) is 9.10. The zero-order chi connectivity index (χ0) is 82.2. The molecule has 39 heteroatoms. The number of nitrogens with one attached hydrogen (secondary N) is 12. The van der Waals surface area contributed by atoms with Crippen molar-refractivity contribution in [1.29, 1.82) is 0 Å². The van der Waals surface area contributed by atoms with Crippen molar-refractivity contribution in [2.24, 2.45) is 0 Å². The monoisotopic (exact) mass is 1530 g/mol. The zero-order valence-electron chi connectivity index (χ0n) is 65.9. The Kier molecular flexibility index (Phi) is 20.0. The van der Waals surface area contributed by atoms with Crippen LogP contribution in [-0.4, -0.2) is 187 Å². The molecule has 12 aromatic heterocycles. The van der Waals surface area contributed by atoms with Gasteiger partial charge in [-0.1, -0.05) is 0 Å². The lowest BCUT2D eigenvalue weighted by Crippen LogP contribution is -2.39. The highest BCUT2D eigenvalue weighted by molar-refractivity contribution is 6.03. The van der Waals surface area contributed by atoms with Crippen LogP contribution in [-0.2, 0) is 0 Å². The molecule has 5 aliphatic rings. The Morgan fingerprint density at radius 1 is 0.450 bits per heavy atom. The lowest BCUT2D eigenvalue weighted by atomic mass is 9.93. The Balaban J connectivity index is 0.000000128. The molecule has 4 amide bonds. The number of methoxy groups -OCH3 is 2. The third-order valence-corrected chi connectivity index (χ3v) is 18.0.